The van der Waals surface area contributed by atoms with Crippen molar-refractivity contribution < 1.29 is 14.3 Å². The lowest BCUT2D eigenvalue weighted by Gasteiger charge is -2.46. The number of anilines is 2. The van der Waals surface area contributed by atoms with E-state index in [1.165, 1.54) is 0 Å². The predicted octanol–water partition coefficient (Wildman–Crippen LogP) is 3.21. The third-order valence-corrected chi connectivity index (χ3v) is 7.58. The van der Waals surface area contributed by atoms with E-state index in [4.69, 9.17) is 20.3 Å². The first-order valence-corrected chi connectivity index (χ1v) is 12.8. The molecule has 2 bridgehead atoms. The van der Waals surface area contributed by atoms with Crippen molar-refractivity contribution in [1.82, 2.24) is 24.5 Å². The van der Waals surface area contributed by atoms with Crippen LogP contribution in [0.2, 0.25) is 0 Å². The molecule has 2 aliphatic heterocycles. The summed E-state index contributed by atoms with van der Waals surface area (Å²) in [6.45, 7) is 3.49. The molecule has 2 saturated heterocycles. The molecule has 6 heterocycles. The molecule has 0 spiro atoms. The van der Waals surface area contributed by atoms with E-state index in [9.17, 15) is 4.79 Å². The Morgan fingerprint density at radius 2 is 1.92 bits per heavy atom. The van der Waals surface area contributed by atoms with E-state index < -0.39 is 5.91 Å². The molecule has 2 fully saturated rings. The Bertz CT molecular complexity index is 1490. The minimum Gasteiger partial charge on any atom is -0.488 e. The summed E-state index contributed by atoms with van der Waals surface area (Å²) in [7, 11) is 4.04. The van der Waals surface area contributed by atoms with E-state index >= 15 is 0 Å². The van der Waals surface area contributed by atoms with Crippen molar-refractivity contribution in [2.45, 2.75) is 38.0 Å². The molecule has 10 nitrogen and oxygen atoms in total. The first kappa shape index (κ1) is 24.3. The number of aromatic nitrogens is 4. The highest BCUT2D eigenvalue weighted by Crippen LogP contribution is 2.35. The van der Waals surface area contributed by atoms with Gasteiger partial charge in [-0.1, -0.05) is 6.07 Å². The van der Waals surface area contributed by atoms with Gasteiger partial charge in [-0.3, -0.25) is 14.7 Å². The summed E-state index contributed by atoms with van der Waals surface area (Å²) in [5.74, 6) is 1.50. The zero-order chi connectivity index (χ0) is 26.4. The van der Waals surface area contributed by atoms with Crippen molar-refractivity contribution in [3.63, 3.8) is 0 Å². The minimum absolute atomic E-state index is 0.121. The molecule has 0 saturated carbocycles. The summed E-state index contributed by atoms with van der Waals surface area (Å²) in [5.41, 5.74) is 9.49. The molecule has 10 heteroatoms. The van der Waals surface area contributed by atoms with Crippen LogP contribution in [-0.4, -0.2) is 75.9 Å². The van der Waals surface area contributed by atoms with Gasteiger partial charge in [0.1, 0.15) is 23.4 Å². The number of carbonyl (C=O) groups is 1. The molecule has 0 aromatic carbocycles. The molecular formula is C28H31N7O3. The first-order valence-electron chi connectivity index (χ1n) is 12.8. The summed E-state index contributed by atoms with van der Waals surface area (Å²) in [6, 6.07) is 14.1. The van der Waals surface area contributed by atoms with Gasteiger partial charge in [0.05, 0.1) is 24.9 Å². The van der Waals surface area contributed by atoms with Crippen LogP contribution < -0.4 is 15.4 Å². The van der Waals surface area contributed by atoms with Gasteiger partial charge in [-0.25, -0.2) is 9.50 Å². The van der Waals surface area contributed by atoms with Crippen LogP contribution in [0, 0.1) is 6.92 Å². The van der Waals surface area contributed by atoms with Gasteiger partial charge >= 0.3 is 0 Å². The molecule has 0 radical (unpaired) electrons. The molecule has 1 amide bonds. The summed E-state index contributed by atoms with van der Waals surface area (Å²) in [6.07, 6.45) is 5.76. The lowest BCUT2D eigenvalue weighted by atomic mass is 9.92. The summed E-state index contributed by atoms with van der Waals surface area (Å²) >= 11 is 0. The lowest BCUT2D eigenvalue weighted by molar-refractivity contribution is -0.0879. The van der Waals surface area contributed by atoms with Crippen LogP contribution in [-0.2, 0) is 4.74 Å². The van der Waals surface area contributed by atoms with E-state index in [1.54, 1.807) is 12.1 Å². The fourth-order valence-electron chi connectivity index (χ4n) is 5.36. The summed E-state index contributed by atoms with van der Waals surface area (Å²) in [4.78, 5) is 24.7. The number of likely N-dealkylation sites (N-methyl/N-ethyl adjacent to an activating group) is 1. The number of piperidine rings is 1. The third kappa shape index (κ3) is 4.57. The number of aryl methyl sites for hydroxylation is 1. The Morgan fingerprint density at radius 3 is 2.68 bits per heavy atom. The quantitative estimate of drug-likeness (QED) is 0.419. The van der Waals surface area contributed by atoms with Gasteiger partial charge in [-0.05, 0) is 49.9 Å². The Hall–Kier alpha value is -4.02. The van der Waals surface area contributed by atoms with Crippen molar-refractivity contribution in [3.8, 4) is 16.9 Å². The number of primary amides is 1. The van der Waals surface area contributed by atoms with Gasteiger partial charge < -0.3 is 20.1 Å². The molecule has 2 atom stereocenters. The van der Waals surface area contributed by atoms with Crippen LogP contribution in [0.4, 0.5) is 11.6 Å². The number of hydrogen-bond acceptors (Lipinski definition) is 8. The monoisotopic (exact) mass is 513 g/mol. The minimum atomic E-state index is -0.567. The van der Waals surface area contributed by atoms with E-state index in [2.05, 4.69) is 34.0 Å². The number of rotatable bonds is 6. The Labute approximate surface area is 221 Å². The standard InChI is InChI=1S/C28H31N7O3/c1-17-9-23(25(14-30-17)38-22-11-20-15-37-16-21(12-22)33(20)2)18-7-8-35-19(10-18)13-27(32-35)34(3)26-6-4-5-24(31-26)28(29)36/h4-10,13-14,20-22H,11-12,15-16H2,1-3H3,(H2,29,36). The Morgan fingerprint density at radius 1 is 1.13 bits per heavy atom. The SMILES string of the molecule is Cc1cc(-c2ccn3nc(N(C)c4cccc(C(N)=O)n4)cc3c2)c(OC2CC3COCC(C2)N3C)cn1. The highest BCUT2D eigenvalue weighted by atomic mass is 16.5. The number of carbonyl (C=O) groups excluding carboxylic acids is 1. The second-order valence-electron chi connectivity index (χ2n) is 10.1. The number of morpholine rings is 1. The van der Waals surface area contributed by atoms with Crippen LogP contribution in [0.3, 0.4) is 0 Å². The van der Waals surface area contributed by atoms with Crippen LogP contribution in [0.1, 0.15) is 29.0 Å². The summed E-state index contributed by atoms with van der Waals surface area (Å²) in [5, 5.41) is 4.70. The number of amides is 1. The van der Waals surface area contributed by atoms with Gasteiger partial charge in [0.2, 0.25) is 0 Å². The highest BCUT2D eigenvalue weighted by molar-refractivity contribution is 5.91. The van der Waals surface area contributed by atoms with E-state index in [0.29, 0.717) is 23.7 Å². The van der Waals surface area contributed by atoms with E-state index in [1.807, 2.05) is 54.0 Å². The zero-order valence-corrected chi connectivity index (χ0v) is 21.7. The second-order valence-corrected chi connectivity index (χ2v) is 10.1. The van der Waals surface area contributed by atoms with Gasteiger partial charge in [0, 0.05) is 55.5 Å². The number of pyridine rings is 3. The number of fused-ring (bicyclic) bond motifs is 3. The number of ether oxygens (including phenoxy) is 2. The predicted molar refractivity (Wildman–Crippen MR) is 144 cm³/mol. The largest absolute Gasteiger partial charge is 0.488 e. The van der Waals surface area contributed by atoms with Gasteiger partial charge in [-0.2, -0.15) is 0 Å². The molecule has 2 unspecified atom stereocenters. The molecule has 4 aromatic heterocycles. The molecule has 6 rings (SSSR count). The molecule has 4 aromatic rings. The fraction of sp³-hybridized carbons (Fsp3) is 0.357. The maximum atomic E-state index is 11.6. The molecule has 0 aliphatic carbocycles. The normalized spacial score (nSPS) is 21.4. The van der Waals surface area contributed by atoms with Crippen LogP contribution in [0.25, 0.3) is 16.6 Å². The van der Waals surface area contributed by atoms with Crippen molar-refractivity contribution in [3.05, 3.63) is 66.2 Å². The van der Waals surface area contributed by atoms with Crippen LogP contribution in [0.5, 0.6) is 5.75 Å². The smallest absolute Gasteiger partial charge is 0.267 e. The molecule has 38 heavy (non-hydrogen) atoms. The van der Waals surface area contributed by atoms with Crippen molar-refractivity contribution in [1.29, 1.82) is 0 Å². The average molecular weight is 514 g/mol. The molecule has 196 valence electrons. The number of nitrogens with two attached hydrogens (primary N) is 1. The summed E-state index contributed by atoms with van der Waals surface area (Å²) < 4.78 is 14.2. The number of nitrogens with zero attached hydrogens (tertiary/aromatic N) is 6. The number of hydrogen-bond donors (Lipinski definition) is 1. The van der Waals surface area contributed by atoms with Crippen molar-refractivity contribution >= 4 is 23.1 Å². The fourth-order valence-corrected chi connectivity index (χ4v) is 5.36. The maximum absolute atomic E-state index is 11.6. The highest BCUT2D eigenvalue weighted by Gasteiger charge is 2.38. The van der Waals surface area contributed by atoms with E-state index in [0.717, 1.165) is 54.1 Å². The molecule has 2 N–H and O–H groups in total. The second kappa shape index (κ2) is 9.70. The van der Waals surface area contributed by atoms with Crippen molar-refractivity contribution in [2.24, 2.45) is 5.73 Å². The van der Waals surface area contributed by atoms with Crippen molar-refractivity contribution in [2.75, 3.05) is 32.2 Å². The lowest BCUT2D eigenvalue weighted by Crippen LogP contribution is -2.57. The van der Waals surface area contributed by atoms with Crippen LogP contribution >= 0.6 is 0 Å². The van der Waals surface area contributed by atoms with E-state index in [-0.39, 0.29) is 11.8 Å². The van der Waals surface area contributed by atoms with Gasteiger partial charge in [-0.15, -0.1) is 5.10 Å². The average Bonchev–Trinajstić information content (AvgIpc) is 3.33. The van der Waals surface area contributed by atoms with Gasteiger partial charge in [0.25, 0.3) is 5.91 Å². The third-order valence-electron chi connectivity index (χ3n) is 7.58. The Balaban J connectivity index is 1.29. The Kier molecular flexibility index (Phi) is 6.21. The first-order chi connectivity index (χ1) is 18.4. The van der Waals surface area contributed by atoms with Gasteiger partial charge in [0.15, 0.2) is 5.82 Å². The molecular weight excluding hydrogens is 482 g/mol. The molecule has 2 aliphatic rings. The van der Waals surface area contributed by atoms with Crippen LogP contribution in [0.15, 0.2) is 54.9 Å². The zero-order valence-electron chi connectivity index (χ0n) is 21.7. The topological polar surface area (TPSA) is 111 Å². The maximum Gasteiger partial charge on any atom is 0.267 e.